The van der Waals surface area contributed by atoms with Gasteiger partial charge in [-0.15, -0.1) is 24.8 Å². The van der Waals surface area contributed by atoms with Gasteiger partial charge in [0.15, 0.2) is 0 Å². The van der Waals surface area contributed by atoms with E-state index in [9.17, 15) is 0 Å². The summed E-state index contributed by atoms with van der Waals surface area (Å²) >= 11 is 9.79. The number of halogens is 4. The second kappa shape index (κ2) is 8.95. The van der Waals surface area contributed by atoms with E-state index in [2.05, 4.69) is 32.2 Å². The van der Waals surface area contributed by atoms with Crippen molar-refractivity contribution < 1.29 is 0 Å². The van der Waals surface area contributed by atoms with E-state index in [0.29, 0.717) is 6.04 Å². The van der Waals surface area contributed by atoms with Gasteiger partial charge in [-0.05, 0) is 36.5 Å². The molecule has 0 amide bonds. The molecule has 1 saturated carbocycles. The topological polar surface area (TPSA) is 15.3 Å². The van der Waals surface area contributed by atoms with Gasteiger partial charge in [-0.1, -0.05) is 40.0 Å². The van der Waals surface area contributed by atoms with Crippen LogP contribution in [0.4, 0.5) is 0 Å². The minimum atomic E-state index is 0. The number of nitrogens with one attached hydrogen (secondary N) is 1. The predicted molar refractivity (Wildman–Crippen MR) is 98.2 cm³/mol. The van der Waals surface area contributed by atoms with Crippen LogP contribution in [0.5, 0.6) is 0 Å². The molecule has 0 radical (unpaired) electrons. The fraction of sp³-hybridized carbons (Fsp3) is 0.600. The molecule has 1 aromatic carbocycles. The van der Waals surface area contributed by atoms with E-state index in [1.807, 2.05) is 12.1 Å². The van der Waals surface area contributed by atoms with E-state index in [0.717, 1.165) is 41.6 Å². The van der Waals surface area contributed by atoms with Crippen molar-refractivity contribution in [2.24, 2.45) is 5.92 Å². The van der Waals surface area contributed by atoms with Crippen molar-refractivity contribution in [3.8, 4) is 0 Å². The average Bonchev–Trinajstić information content (AvgIpc) is 2.35. The van der Waals surface area contributed by atoms with Gasteiger partial charge in [-0.25, -0.2) is 0 Å². The lowest BCUT2D eigenvalue weighted by Crippen LogP contribution is -2.47. The number of rotatable bonds is 3. The van der Waals surface area contributed by atoms with Crippen molar-refractivity contribution >= 4 is 52.3 Å². The van der Waals surface area contributed by atoms with Gasteiger partial charge >= 0.3 is 0 Å². The van der Waals surface area contributed by atoms with E-state index < -0.39 is 0 Å². The van der Waals surface area contributed by atoms with E-state index in [4.69, 9.17) is 11.6 Å². The van der Waals surface area contributed by atoms with Gasteiger partial charge in [-0.2, -0.15) is 0 Å². The summed E-state index contributed by atoms with van der Waals surface area (Å²) < 4.78 is 1.16. The molecule has 1 atom stereocenters. The zero-order valence-corrected chi connectivity index (χ0v) is 15.8. The minimum Gasteiger partial charge on any atom is -0.314 e. The molecule has 0 aromatic heterocycles. The third kappa shape index (κ3) is 4.49. The van der Waals surface area contributed by atoms with Crippen LogP contribution in [0.1, 0.15) is 30.9 Å². The molecule has 1 aliphatic carbocycles. The Morgan fingerprint density at radius 1 is 1.19 bits per heavy atom. The van der Waals surface area contributed by atoms with Gasteiger partial charge < -0.3 is 5.32 Å². The maximum Gasteiger partial charge on any atom is 0.0417 e. The highest BCUT2D eigenvalue weighted by Gasteiger charge is 2.34. The Morgan fingerprint density at radius 3 is 2.38 bits per heavy atom. The largest absolute Gasteiger partial charge is 0.314 e. The summed E-state index contributed by atoms with van der Waals surface area (Å²) in [7, 11) is 0. The van der Waals surface area contributed by atoms with E-state index in [-0.39, 0.29) is 24.8 Å². The van der Waals surface area contributed by atoms with Gasteiger partial charge in [0.05, 0.1) is 0 Å². The number of hydrogen-bond donors (Lipinski definition) is 1. The molecular weight excluding hydrogens is 394 g/mol. The van der Waals surface area contributed by atoms with E-state index in [1.54, 1.807) is 0 Å². The van der Waals surface area contributed by atoms with Crippen LogP contribution in [-0.4, -0.2) is 31.1 Å². The molecule has 2 fully saturated rings. The van der Waals surface area contributed by atoms with Crippen molar-refractivity contribution in [3.63, 3.8) is 0 Å². The maximum absolute atomic E-state index is 6.08. The first-order valence-electron chi connectivity index (χ1n) is 7.15. The first kappa shape index (κ1) is 19.5. The summed E-state index contributed by atoms with van der Waals surface area (Å²) in [5.41, 5.74) is 1.41. The van der Waals surface area contributed by atoms with Crippen LogP contribution >= 0.6 is 52.3 Å². The number of hydrogen-bond acceptors (Lipinski definition) is 2. The zero-order valence-electron chi connectivity index (χ0n) is 11.9. The second-order valence-electron chi connectivity index (χ2n) is 5.59. The van der Waals surface area contributed by atoms with Gasteiger partial charge in [-0.3, -0.25) is 4.90 Å². The standard InChI is InChI=1S/C15H20BrClN2.2ClH/c16-14-10-12(17)4-5-13(14)15(11-2-1-3-11)19-8-6-18-7-9-19;;/h4-5,10-11,15,18H,1-3,6-9H2;2*1H/t15-;;/m1../s1. The Balaban J connectivity index is 0.00000110. The zero-order chi connectivity index (χ0) is 13.2. The molecule has 1 aliphatic heterocycles. The van der Waals surface area contributed by atoms with Crippen molar-refractivity contribution in [2.45, 2.75) is 25.3 Å². The van der Waals surface area contributed by atoms with Gasteiger partial charge in [0.25, 0.3) is 0 Å². The molecular formula is C15H22BrCl3N2. The molecule has 1 saturated heterocycles. The van der Waals surface area contributed by atoms with Crippen LogP contribution in [0.25, 0.3) is 0 Å². The molecule has 2 aliphatic rings. The Hall–Kier alpha value is 0.490. The molecule has 21 heavy (non-hydrogen) atoms. The Morgan fingerprint density at radius 2 is 1.86 bits per heavy atom. The first-order chi connectivity index (χ1) is 9.25. The molecule has 0 bridgehead atoms. The highest BCUT2D eigenvalue weighted by molar-refractivity contribution is 9.10. The molecule has 1 heterocycles. The summed E-state index contributed by atoms with van der Waals surface area (Å²) in [6, 6.07) is 6.82. The minimum absolute atomic E-state index is 0. The third-order valence-electron chi connectivity index (χ3n) is 4.42. The maximum atomic E-state index is 6.08. The van der Waals surface area contributed by atoms with Gasteiger partial charge in [0.1, 0.15) is 0 Å². The monoisotopic (exact) mass is 414 g/mol. The fourth-order valence-corrected chi connectivity index (χ4v) is 4.12. The van der Waals surface area contributed by atoms with Gasteiger partial charge in [0.2, 0.25) is 0 Å². The van der Waals surface area contributed by atoms with Crippen LogP contribution in [-0.2, 0) is 0 Å². The number of piperazine rings is 1. The highest BCUT2D eigenvalue weighted by atomic mass is 79.9. The van der Waals surface area contributed by atoms with Crippen LogP contribution in [0.3, 0.4) is 0 Å². The van der Waals surface area contributed by atoms with Crippen molar-refractivity contribution in [3.05, 3.63) is 33.3 Å². The Labute approximate surface area is 152 Å². The lowest BCUT2D eigenvalue weighted by atomic mass is 9.76. The quantitative estimate of drug-likeness (QED) is 0.769. The molecule has 0 spiro atoms. The molecule has 1 aromatic rings. The summed E-state index contributed by atoms with van der Waals surface area (Å²) in [6.07, 6.45) is 4.12. The average molecular weight is 417 g/mol. The van der Waals surface area contributed by atoms with Crippen molar-refractivity contribution in [2.75, 3.05) is 26.2 Å². The second-order valence-corrected chi connectivity index (χ2v) is 6.88. The normalized spacial score (nSPS) is 20.9. The number of benzene rings is 1. The number of nitrogens with zero attached hydrogens (tertiary/aromatic N) is 1. The highest BCUT2D eigenvalue weighted by Crippen LogP contribution is 2.43. The SMILES string of the molecule is Cl.Cl.Clc1ccc([C@@H](C2CCC2)N2CCNCC2)c(Br)c1. The summed E-state index contributed by atoms with van der Waals surface area (Å²) in [6.45, 7) is 4.51. The van der Waals surface area contributed by atoms with Crippen molar-refractivity contribution in [1.82, 2.24) is 10.2 Å². The molecule has 6 heteroatoms. The molecule has 2 nitrogen and oxygen atoms in total. The van der Waals surface area contributed by atoms with E-state index >= 15 is 0 Å². The lowest BCUT2D eigenvalue weighted by molar-refractivity contribution is 0.0832. The molecule has 1 N–H and O–H groups in total. The smallest absolute Gasteiger partial charge is 0.0417 e. The summed E-state index contributed by atoms with van der Waals surface area (Å²) in [4.78, 5) is 2.65. The van der Waals surface area contributed by atoms with Crippen LogP contribution in [0.15, 0.2) is 22.7 Å². The Kier molecular flexibility index (Phi) is 8.33. The molecule has 120 valence electrons. The van der Waals surface area contributed by atoms with Gasteiger partial charge in [0, 0.05) is 41.7 Å². The lowest BCUT2D eigenvalue weighted by Gasteiger charge is -2.43. The first-order valence-corrected chi connectivity index (χ1v) is 8.32. The summed E-state index contributed by atoms with van der Waals surface area (Å²) in [5, 5.41) is 4.25. The Bertz CT molecular complexity index is 449. The fourth-order valence-electron chi connectivity index (χ4n) is 3.21. The predicted octanol–water partition coefficient (Wildman–Crippen LogP) is 4.69. The molecule has 0 unspecified atom stereocenters. The van der Waals surface area contributed by atoms with E-state index in [1.165, 1.54) is 24.8 Å². The van der Waals surface area contributed by atoms with Crippen molar-refractivity contribution in [1.29, 1.82) is 0 Å². The third-order valence-corrected chi connectivity index (χ3v) is 5.34. The van der Waals surface area contributed by atoms with Crippen LogP contribution in [0.2, 0.25) is 5.02 Å². The van der Waals surface area contributed by atoms with Crippen LogP contribution in [0, 0.1) is 5.92 Å². The molecule has 3 rings (SSSR count). The summed E-state index contributed by atoms with van der Waals surface area (Å²) in [5.74, 6) is 0.815. The van der Waals surface area contributed by atoms with Crippen LogP contribution < -0.4 is 5.32 Å².